The molecule has 0 aromatic rings. The number of carbonyl (C=O) groups is 2. The normalized spacial score (nSPS) is 46.8. The number of ketones is 1. The van der Waals surface area contributed by atoms with Crippen LogP contribution in [0.25, 0.3) is 0 Å². The van der Waals surface area contributed by atoms with Crippen molar-refractivity contribution in [2.45, 2.75) is 105 Å². The van der Waals surface area contributed by atoms with Crippen LogP contribution in [0.15, 0.2) is 11.6 Å². The van der Waals surface area contributed by atoms with Gasteiger partial charge in [0.1, 0.15) is 11.9 Å². The van der Waals surface area contributed by atoms with Crippen LogP contribution in [0.4, 0.5) is 0 Å². The molecule has 10 unspecified atom stereocenters. The van der Waals surface area contributed by atoms with Gasteiger partial charge < -0.3 is 9.64 Å². The van der Waals surface area contributed by atoms with E-state index < -0.39 is 0 Å². The van der Waals surface area contributed by atoms with Gasteiger partial charge in [0.2, 0.25) is 0 Å². The van der Waals surface area contributed by atoms with Crippen molar-refractivity contribution in [1.82, 2.24) is 4.90 Å². The molecule has 4 nitrogen and oxygen atoms in total. The van der Waals surface area contributed by atoms with Crippen LogP contribution in [0.2, 0.25) is 0 Å². The molecule has 1 saturated heterocycles. The van der Waals surface area contributed by atoms with Gasteiger partial charge in [-0.2, -0.15) is 0 Å². The largest absolute Gasteiger partial charge is 0.462 e. The second-order valence-corrected chi connectivity index (χ2v) is 14.4. The van der Waals surface area contributed by atoms with E-state index in [1.807, 2.05) is 6.92 Å². The summed E-state index contributed by atoms with van der Waals surface area (Å²) in [5.41, 5.74) is 1.99. The summed E-state index contributed by atoms with van der Waals surface area (Å²) in [5, 5.41) is 0. The fourth-order valence-electron chi connectivity index (χ4n) is 10.4. The third-order valence-electron chi connectivity index (χ3n) is 11.7. The Morgan fingerprint density at radius 2 is 1.75 bits per heavy atom. The van der Waals surface area contributed by atoms with E-state index in [2.05, 4.69) is 45.6 Å². The first-order valence-electron chi connectivity index (χ1n) is 15.1. The molecule has 1 heterocycles. The average molecular weight is 498 g/mol. The van der Waals surface area contributed by atoms with Gasteiger partial charge in [-0.05, 0) is 98.2 Å². The number of Topliss-reactive ketones (excluding diaryl/α,β-unsaturated/α-hetero) is 1. The molecule has 1 aliphatic heterocycles. The predicted octanol–water partition coefficient (Wildman–Crippen LogP) is 6.68. The Bertz CT molecular complexity index is 886. The number of nitrogens with zero attached hydrogens (tertiary/aromatic N) is 1. The first-order valence-corrected chi connectivity index (χ1v) is 15.1. The Morgan fingerprint density at radius 3 is 2.44 bits per heavy atom. The second kappa shape index (κ2) is 9.86. The monoisotopic (exact) mass is 497 g/mol. The summed E-state index contributed by atoms with van der Waals surface area (Å²) in [6.45, 7) is 16.8. The minimum absolute atomic E-state index is 0.00702. The maximum Gasteiger partial charge on any atom is 0.307 e. The Morgan fingerprint density at radius 1 is 1.03 bits per heavy atom. The molecule has 36 heavy (non-hydrogen) atoms. The van der Waals surface area contributed by atoms with Crippen molar-refractivity contribution in [3.63, 3.8) is 0 Å². The maximum absolute atomic E-state index is 12.8. The van der Waals surface area contributed by atoms with E-state index in [0.29, 0.717) is 35.9 Å². The van der Waals surface area contributed by atoms with Gasteiger partial charge in [-0.3, -0.25) is 9.59 Å². The van der Waals surface area contributed by atoms with Crippen LogP contribution < -0.4 is 0 Å². The molecule has 3 saturated carbocycles. The van der Waals surface area contributed by atoms with Gasteiger partial charge in [-0.1, -0.05) is 46.3 Å². The Labute approximate surface area is 220 Å². The van der Waals surface area contributed by atoms with Crippen molar-refractivity contribution in [3.05, 3.63) is 11.6 Å². The Hall–Kier alpha value is -1.16. The fourth-order valence-corrected chi connectivity index (χ4v) is 10.4. The molecule has 0 bridgehead atoms. The standard InChI is InChI=1S/C32H51NO3/c1-20-15-21(2)19-33(18-20)14-11-29(35)36-25-9-12-31(5)24(17-25)7-8-26-27(31)10-13-32(6)28(26)16-22(3)30(32)23(4)34/h7,20-22,25-28,30H,8-19H2,1-6H3. The first-order chi connectivity index (χ1) is 17.0. The number of fused-ring (bicyclic) bond motifs is 5. The molecule has 202 valence electrons. The summed E-state index contributed by atoms with van der Waals surface area (Å²) < 4.78 is 6.06. The highest BCUT2D eigenvalue weighted by atomic mass is 16.5. The van der Waals surface area contributed by atoms with Gasteiger partial charge in [-0.15, -0.1) is 0 Å². The van der Waals surface area contributed by atoms with Gasteiger partial charge in [-0.25, -0.2) is 0 Å². The van der Waals surface area contributed by atoms with E-state index in [9.17, 15) is 9.59 Å². The number of piperidine rings is 1. The van der Waals surface area contributed by atoms with Crippen LogP contribution in [0.1, 0.15) is 99.3 Å². The van der Waals surface area contributed by atoms with E-state index in [1.165, 1.54) is 25.7 Å². The highest BCUT2D eigenvalue weighted by Crippen LogP contribution is 2.67. The van der Waals surface area contributed by atoms with E-state index in [0.717, 1.165) is 57.2 Å². The number of esters is 1. The van der Waals surface area contributed by atoms with Crippen molar-refractivity contribution in [2.24, 2.45) is 52.3 Å². The maximum atomic E-state index is 12.8. The lowest BCUT2D eigenvalue weighted by atomic mass is 9.47. The highest BCUT2D eigenvalue weighted by molar-refractivity contribution is 5.80. The van der Waals surface area contributed by atoms with E-state index in [4.69, 9.17) is 4.74 Å². The molecule has 0 aromatic heterocycles. The van der Waals surface area contributed by atoms with Gasteiger partial charge in [0, 0.05) is 32.0 Å². The van der Waals surface area contributed by atoms with E-state index in [-0.39, 0.29) is 28.8 Å². The van der Waals surface area contributed by atoms with Crippen LogP contribution >= 0.6 is 0 Å². The summed E-state index contributed by atoms with van der Waals surface area (Å²) in [4.78, 5) is 27.8. The Balaban J connectivity index is 1.20. The van der Waals surface area contributed by atoms with Crippen LogP contribution in [-0.2, 0) is 14.3 Å². The van der Waals surface area contributed by atoms with Gasteiger partial charge >= 0.3 is 5.97 Å². The van der Waals surface area contributed by atoms with Crippen LogP contribution in [0.3, 0.4) is 0 Å². The quantitative estimate of drug-likeness (QED) is 0.314. The number of ether oxygens (including phenoxy) is 1. The highest BCUT2D eigenvalue weighted by Gasteiger charge is 2.61. The van der Waals surface area contributed by atoms with Gasteiger partial charge in [0.25, 0.3) is 0 Å². The van der Waals surface area contributed by atoms with Crippen molar-refractivity contribution in [2.75, 3.05) is 19.6 Å². The molecule has 0 aromatic carbocycles. The van der Waals surface area contributed by atoms with Crippen molar-refractivity contribution in [1.29, 1.82) is 0 Å². The summed E-state index contributed by atoms with van der Waals surface area (Å²) >= 11 is 0. The average Bonchev–Trinajstić information content (AvgIpc) is 3.07. The molecule has 10 atom stereocenters. The first kappa shape index (κ1) is 26.4. The van der Waals surface area contributed by atoms with Crippen LogP contribution in [0.5, 0.6) is 0 Å². The summed E-state index contributed by atoms with van der Waals surface area (Å²) in [5.74, 6) is 4.71. The second-order valence-electron chi connectivity index (χ2n) is 14.4. The van der Waals surface area contributed by atoms with E-state index >= 15 is 0 Å². The zero-order valence-electron chi connectivity index (χ0n) is 23.9. The summed E-state index contributed by atoms with van der Waals surface area (Å²) in [6.07, 6.45) is 12.3. The molecule has 4 fully saturated rings. The number of allylic oxidation sites excluding steroid dienone is 1. The number of hydrogen-bond donors (Lipinski definition) is 0. The fraction of sp³-hybridized carbons (Fsp3) is 0.875. The number of likely N-dealkylation sites (tertiary alicyclic amines) is 1. The van der Waals surface area contributed by atoms with Crippen molar-refractivity contribution >= 4 is 11.8 Å². The van der Waals surface area contributed by atoms with Crippen molar-refractivity contribution < 1.29 is 14.3 Å². The molecule has 0 spiro atoms. The topological polar surface area (TPSA) is 46.6 Å². The van der Waals surface area contributed by atoms with Crippen molar-refractivity contribution in [3.8, 4) is 0 Å². The van der Waals surface area contributed by atoms with Crippen LogP contribution in [-0.4, -0.2) is 42.4 Å². The zero-order valence-corrected chi connectivity index (χ0v) is 23.9. The lowest BCUT2D eigenvalue weighted by Crippen LogP contribution is -2.51. The number of rotatable bonds is 5. The minimum atomic E-state index is -0.00702. The molecule has 0 radical (unpaired) electrons. The zero-order chi connectivity index (χ0) is 25.8. The third kappa shape index (κ3) is 4.63. The molecule has 0 amide bonds. The molecule has 0 N–H and O–H groups in total. The number of carbonyl (C=O) groups excluding carboxylic acids is 2. The van der Waals surface area contributed by atoms with Crippen LogP contribution in [0, 0.1) is 52.3 Å². The lowest BCUT2D eigenvalue weighted by molar-refractivity contribution is -0.152. The molecule has 5 rings (SSSR count). The third-order valence-corrected chi connectivity index (χ3v) is 11.7. The lowest BCUT2D eigenvalue weighted by Gasteiger charge is -2.58. The SMILES string of the molecule is CC(=O)C1C(C)CC2C3CC=C4CC(OC(=O)CCN5CC(C)CC(C)C5)CCC4(C)C3CCC21C. The smallest absolute Gasteiger partial charge is 0.307 e. The number of hydrogen-bond acceptors (Lipinski definition) is 4. The predicted molar refractivity (Wildman–Crippen MR) is 144 cm³/mol. The molecule has 4 aliphatic carbocycles. The molecule has 5 aliphatic rings. The minimum Gasteiger partial charge on any atom is -0.462 e. The summed E-state index contributed by atoms with van der Waals surface area (Å²) in [7, 11) is 0. The van der Waals surface area contributed by atoms with E-state index in [1.54, 1.807) is 5.57 Å². The Kier molecular flexibility index (Phi) is 7.24. The van der Waals surface area contributed by atoms with Gasteiger partial charge in [0.15, 0.2) is 0 Å². The molecular weight excluding hydrogens is 446 g/mol. The molecule has 4 heteroatoms. The van der Waals surface area contributed by atoms with Gasteiger partial charge in [0.05, 0.1) is 6.42 Å². The summed E-state index contributed by atoms with van der Waals surface area (Å²) in [6, 6.07) is 0. The molecular formula is C32H51NO3.